The molecule has 7 heteroatoms. The number of anilines is 1. The molecule has 0 heterocycles. The summed E-state index contributed by atoms with van der Waals surface area (Å²) < 4.78 is 32.2. The predicted molar refractivity (Wildman–Crippen MR) is 89.3 cm³/mol. The Kier molecular flexibility index (Phi) is 6.45. The van der Waals surface area contributed by atoms with Gasteiger partial charge in [-0.15, -0.1) is 0 Å². The minimum Gasteiger partial charge on any atom is -0.484 e. The maximum absolute atomic E-state index is 13.5. The summed E-state index contributed by atoms with van der Waals surface area (Å²) in [5.74, 6) is -1.39. The summed E-state index contributed by atoms with van der Waals surface area (Å²) in [5.41, 5.74) is 0.563. The third-order valence-electron chi connectivity index (χ3n) is 3.30. The van der Waals surface area contributed by atoms with Gasteiger partial charge in [0.05, 0.1) is 0 Å². The number of rotatable bonds is 7. The van der Waals surface area contributed by atoms with Gasteiger partial charge in [0, 0.05) is 24.7 Å². The van der Waals surface area contributed by atoms with Gasteiger partial charge in [0.15, 0.2) is 6.61 Å². The van der Waals surface area contributed by atoms with Gasteiger partial charge in [0.2, 0.25) is 5.91 Å². The number of hydrogen-bond donors (Lipinski definition) is 2. The van der Waals surface area contributed by atoms with Crippen molar-refractivity contribution in [2.24, 2.45) is 0 Å². The zero-order chi connectivity index (χ0) is 18.2. The van der Waals surface area contributed by atoms with E-state index in [0.717, 1.165) is 0 Å². The van der Waals surface area contributed by atoms with Crippen LogP contribution in [-0.2, 0) is 16.0 Å². The van der Waals surface area contributed by atoms with Gasteiger partial charge in [-0.2, -0.15) is 0 Å². The molecule has 0 bridgehead atoms. The van der Waals surface area contributed by atoms with Crippen LogP contribution in [-0.4, -0.2) is 25.0 Å². The minimum absolute atomic E-state index is 0.0512. The van der Waals surface area contributed by atoms with Gasteiger partial charge in [0.25, 0.3) is 5.91 Å². The normalized spacial score (nSPS) is 10.2. The smallest absolute Gasteiger partial charge is 0.257 e. The van der Waals surface area contributed by atoms with Crippen molar-refractivity contribution in [1.29, 1.82) is 0 Å². The van der Waals surface area contributed by atoms with Crippen LogP contribution >= 0.6 is 0 Å². The van der Waals surface area contributed by atoms with Crippen molar-refractivity contribution in [2.75, 3.05) is 18.5 Å². The maximum atomic E-state index is 13.5. The average molecular weight is 348 g/mol. The van der Waals surface area contributed by atoms with Crippen molar-refractivity contribution in [2.45, 2.75) is 13.3 Å². The second-order valence-electron chi connectivity index (χ2n) is 5.29. The van der Waals surface area contributed by atoms with Crippen molar-refractivity contribution in [1.82, 2.24) is 5.32 Å². The quantitative estimate of drug-likeness (QED) is 0.808. The van der Waals surface area contributed by atoms with Gasteiger partial charge >= 0.3 is 0 Å². The van der Waals surface area contributed by atoms with Crippen LogP contribution < -0.4 is 15.4 Å². The molecule has 0 unspecified atom stereocenters. The maximum Gasteiger partial charge on any atom is 0.257 e. The lowest BCUT2D eigenvalue weighted by Crippen LogP contribution is -2.30. The third-order valence-corrected chi connectivity index (χ3v) is 3.30. The van der Waals surface area contributed by atoms with E-state index in [4.69, 9.17) is 4.74 Å². The highest BCUT2D eigenvalue weighted by atomic mass is 19.1. The van der Waals surface area contributed by atoms with Crippen LogP contribution in [0.3, 0.4) is 0 Å². The number of nitrogens with one attached hydrogen (secondary N) is 2. The molecule has 5 nitrogen and oxygen atoms in total. The first-order valence-electron chi connectivity index (χ1n) is 7.66. The van der Waals surface area contributed by atoms with Crippen molar-refractivity contribution < 1.29 is 23.1 Å². The molecular weight excluding hydrogens is 330 g/mol. The Morgan fingerprint density at radius 2 is 1.68 bits per heavy atom. The zero-order valence-corrected chi connectivity index (χ0v) is 13.6. The molecule has 2 amide bonds. The van der Waals surface area contributed by atoms with Crippen LogP contribution in [0.5, 0.6) is 5.75 Å². The molecule has 0 aromatic heterocycles. The first-order chi connectivity index (χ1) is 12.0. The fourth-order valence-electron chi connectivity index (χ4n) is 2.14. The highest BCUT2D eigenvalue weighted by molar-refractivity contribution is 5.88. The molecule has 132 valence electrons. The first kappa shape index (κ1) is 18.4. The lowest BCUT2D eigenvalue weighted by Gasteiger charge is -2.09. The van der Waals surface area contributed by atoms with Crippen molar-refractivity contribution in [3.63, 3.8) is 0 Å². The van der Waals surface area contributed by atoms with E-state index in [0.29, 0.717) is 11.4 Å². The van der Waals surface area contributed by atoms with E-state index in [-0.39, 0.29) is 31.0 Å². The number of hydrogen-bond acceptors (Lipinski definition) is 3. The van der Waals surface area contributed by atoms with Gasteiger partial charge < -0.3 is 15.4 Å². The van der Waals surface area contributed by atoms with Crippen molar-refractivity contribution in [3.05, 3.63) is 59.7 Å². The monoisotopic (exact) mass is 348 g/mol. The van der Waals surface area contributed by atoms with E-state index in [1.807, 2.05) is 0 Å². The molecule has 25 heavy (non-hydrogen) atoms. The molecule has 0 fully saturated rings. The zero-order valence-electron chi connectivity index (χ0n) is 13.6. The van der Waals surface area contributed by atoms with E-state index in [1.54, 1.807) is 24.3 Å². The van der Waals surface area contributed by atoms with Crippen molar-refractivity contribution in [3.8, 4) is 5.75 Å². The Morgan fingerprint density at radius 3 is 2.28 bits per heavy atom. The van der Waals surface area contributed by atoms with Gasteiger partial charge in [-0.3, -0.25) is 9.59 Å². The molecule has 0 radical (unpaired) electrons. The molecule has 0 saturated heterocycles. The number of halogens is 2. The topological polar surface area (TPSA) is 67.4 Å². The molecule has 0 spiro atoms. The largest absolute Gasteiger partial charge is 0.484 e. The summed E-state index contributed by atoms with van der Waals surface area (Å²) in [6, 6.07) is 10.2. The van der Waals surface area contributed by atoms with E-state index in [9.17, 15) is 18.4 Å². The van der Waals surface area contributed by atoms with Crippen molar-refractivity contribution >= 4 is 17.5 Å². The second-order valence-corrected chi connectivity index (χ2v) is 5.29. The molecule has 2 rings (SSSR count). The molecule has 0 aliphatic rings. The molecule has 2 aromatic rings. The number of benzene rings is 2. The molecule has 0 saturated carbocycles. The fourth-order valence-corrected chi connectivity index (χ4v) is 2.14. The Morgan fingerprint density at radius 1 is 1.04 bits per heavy atom. The summed E-state index contributed by atoms with van der Waals surface area (Å²) in [5, 5.41) is 5.15. The summed E-state index contributed by atoms with van der Waals surface area (Å²) in [6.07, 6.45) is 0.0512. The second kappa shape index (κ2) is 8.77. The number of amides is 2. The predicted octanol–water partition coefficient (Wildman–Crippen LogP) is 2.66. The van der Waals surface area contributed by atoms with Crippen LogP contribution in [0.25, 0.3) is 0 Å². The van der Waals surface area contributed by atoms with Crippen LogP contribution in [0.1, 0.15) is 12.5 Å². The van der Waals surface area contributed by atoms with Crippen LogP contribution in [0, 0.1) is 11.6 Å². The number of carbonyl (C=O) groups is 2. The highest BCUT2D eigenvalue weighted by Crippen LogP contribution is 2.15. The van der Waals surface area contributed by atoms with Crippen LogP contribution in [0.2, 0.25) is 0 Å². The first-order valence-corrected chi connectivity index (χ1v) is 7.66. The molecule has 2 N–H and O–H groups in total. The number of carbonyl (C=O) groups excluding carboxylic acids is 2. The third kappa shape index (κ3) is 5.87. The summed E-state index contributed by atoms with van der Waals surface area (Å²) in [6.45, 7) is 1.28. The SMILES string of the molecule is CC(=O)Nc1ccc(OCC(=O)NCCc2c(F)cccc2F)cc1. The fraction of sp³-hybridized carbons (Fsp3) is 0.222. The van der Waals surface area contributed by atoms with E-state index in [2.05, 4.69) is 10.6 Å². The Bertz CT molecular complexity index is 728. The molecule has 0 atom stereocenters. The lowest BCUT2D eigenvalue weighted by molar-refractivity contribution is -0.123. The van der Waals surface area contributed by atoms with Crippen LogP contribution in [0.4, 0.5) is 14.5 Å². The Hall–Kier alpha value is -2.96. The summed E-state index contributed by atoms with van der Waals surface area (Å²) in [7, 11) is 0. The Balaban J connectivity index is 1.74. The molecule has 2 aromatic carbocycles. The molecular formula is C18H18F2N2O3. The highest BCUT2D eigenvalue weighted by Gasteiger charge is 2.09. The Labute approximate surface area is 144 Å². The standard InChI is InChI=1S/C18H18F2N2O3/c1-12(23)22-13-5-7-14(8-6-13)25-11-18(24)21-10-9-15-16(19)3-2-4-17(15)20/h2-8H,9-11H2,1H3,(H,21,24)(H,22,23). The minimum atomic E-state index is -0.634. The van der Waals surface area contributed by atoms with E-state index >= 15 is 0 Å². The van der Waals surface area contributed by atoms with Gasteiger partial charge in [-0.05, 0) is 42.8 Å². The lowest BCUT2D eigenvalue weighted by atomic mass is 10.1. The molecule has 0 aliphatic heterocycles. The summed E-state index contributed by atoms with van der Waals surface area (Å²) in [4.78, 5) is 22.6. The van der Waals surface area contributed by atoms with Gasteiger partial charge in [-0.25, -0.2) is 8.78 Å². The van der Waals surface area contributed by atoms with E-state index < -0.39 is 17.5 Å². The average Bonchev–Trinajstić information content (AvgIpc) is 2.56. The van der Waals surface area contributed by atoms with Crippen LogP contribution in [0.15, 0.2) is 42.5 Å². The van der Waals surface area contributed by atoms with Gasteiger partial charge in [0.1, 0.15) is 17.4 Å². The van der Waals surface area contributed by atoms with Gasteiger partial charge in [-0.1, -0.05) is 6.07 Å². The summed E-state index contributed by atoms with van der Waals surface area (Å²) >= 11 is 0. The molecule has 0 aliphatic carbocycles. The van der Waals surface area contributed by atoms with E-state index in [1.165, 1.54) is 25.1 Å². The number of ether oxygens (including phenoxy) is 1.